The smallest absolute Gasteiger partial charge is 0.118 e. The molecule has 0 aliphatic heterocycles. The molecule has 0 aliphatic carbocycles. The Labute approximate surface area is 180 Å². The number of nitrogens with one attached hydrogen (secondary N) is 1. The lowest BCUT2D eigenvalue weighted by Crippen LogP contribution is -2.07. The largest absolute Gasteiger partial charge is 0.497 e. The summed E-state index contributed by atoms with van der Waals surface area (Å²) in [5.41, 5.74) is 6.50. The average molecular weight is 402 g/mol. The molecule has 30 heavy (non-hydrogen) atoms. The van der Waals surface area contributed by atoms with E-state index in [4.69, 9.17) is 9.47 Å². The van der Waals surface area contributed by atoms with E-state index < -0.39 is 0 Å². The Hall–Kier alpha value is -3.04. The second-order valence-electron chi connectivity index (χ2n) is 7.29. The van der Waals surface area contributed by atoms with Gasteiger partial charge in [-0.3, -0.25) is 0 Å². The van der Waals surface area contributed by atoms with E-state index in [1.807, 2.05) is 12.1 Å². The Balaban J connectivity index is 1.53. The number of rotatable bonds is 11. The average Bonchev–Trinajstić information content (AvgIpc) is 2.79. The highest BCUT2D eigenvalue weighted by molar-refractivity contribution is 5.45. The first-order chi connectivity index (χ1) is 14.8. The third-order valence-electron chi connectivity index (χ3n) is 5.12. The van der Waals surface area contributed by atoms with E-state index >= 15 is 0 Å². The summed E-state index contributed by atoms with van der Waals surface area (Å²) in [6.07, 6.45) is 7.36. The van der Waals surface area contributed by atoms with E-state index in [2.05, 4.69) is 78.1 Å². The fourth-order valence-electron chi connectivity index (χ4n) is 3.38. The molecule has 0 radical (unpaired) electrons. The zero-order valence-corrected chi connectivity index (χ0v) is 17.9. The van der Waals surface area contributed by atoms with Crippen LogP contribution in [0.2, 0.25) is 0 Å². The fraction of sp³-hybridized carbons (Fsp3) is 0.259. The van der Waals surface area contributed by atoms with Crippen LogP contribution in [0, 0.1) is 0 Å². The van der Waals surface area contributed by atoms with Crippen molar-refractivity contribution in [2.45, 2.75) is 19.3 Å². The molecule has 0 aromatic heterocycles. The highest BCUT2D eigenvalue weighted by atomic mass is 16.5. The van der Waals surface area contributed by atoms with Gasteiger partial charge in [0.2, 0.25) is 0 Å². The minimum atomic E-state index is 0.713. The standard InChI is InChI=1S/C27H31NO2/c1-29-20-19-28-26-15-11-22(12-16-26)7-3-4-8-24-9-5-6-10-25(24)21-23-13-17-27(30-2)18-14-23/h3-6,9-18,28H,7-8,19-21H2,1-2H3. The van der Waals surface area contributed by atoms with Crippen LogP contribution in [0.4, 0.5) is 5.69 Å². The van der Waals surface area contributed by atoms with Crippen LogP contribution in [0.5, 0.6) is 5.75 Å². The van der Waals surface area contributed by atoms with E-state index in [-0.39, 0.29) is 0 Å². The molecule has 0 aliphatic rings. The summed E-state index contributed by atoms with van der Waals surface area (Å²) in [4.78, 5) is 0. The predicted octanol–water partition coefficient (Wildman–Crippen LogP) is 5.69. The summed E-state index contributed by atoms with van der Waals surface area (Å²) < 4.78 is 10.3. The monoisotopic (exact) mass is 401 g/mol. The van der Waals surface area contributed by atoms with Crippen LogP contribution >= 0.6 is 0 Å². The van der Waals surface area contributed by atoms with Crippen LogP contribution < -0.4 is 10.1 Å². The molecular formula is C27H31NO2. The lowest BCUT2D eigenvalue weighted by Gasteiger charge is -2.09. The van der Waals surface area contributed by atoms with Gasteiger partial charge < -0.3 is 14.8 Å². The molecule has 0 fully saturated rings. The van der Waals surface area contributed by atoms with Gasteiger partial charge in [-0.25, -0.2) is 0 Å². The molecule has 3 nitrogen and oxygen atoms in total. The number of hydrogen-bond donors (Lipinski definition) is 1. The molecule has 3 aromatic carbocycles. The highest BCUT2D eigenvalue weighted by Crippen LogP contribution is 2.18. The maximum atomic E-state index is 5.26. The van der Waals surface area contributed by atoms with Crippen LogP contribution in [-0.2, 0) is 24.0 Å². The predicted molar refractivity (Wildman–Crippen MR) is 126 cm³/mol. The second-order valence-corrected chi connectivity index (χ2v) is 7.29. The van der Waals surface area contributed by atoms with Gasteiger partial charge >= 0.3 is 0 Å². The Morgan fingerprint density at radius 3 is 2.10 bits per heavy atom. The van der Waals surface area contributed by atoms with Crippen LogP contribution in [-0.4, -0.2) is 27.4 Å². The van der Waals surface area contributed by atoms with Gasteiger partial charge in [0.25, 0.3) is 0 Å². The molecule has 0 unspecified atom stereocenters. The van der Waals surface area contributed by atoms with Crippen molar-refractivity contribution >= 4 is 5.69 Å². The molecule has 0 heterocycles. The molecular weight excluding hydrogens is 370 g/mol. The van der Waals surface area contributed by atoms with Crippen molar-refractivity contribution in [3.63, 3.8) is 0 Å². The summed E-state index contributed by atoms with van der Waals surface area (Å²) in [7, 11) is 3.42. The normalized spacial score (nSPS) is 11.0. The summed E-state index contributed by atoms with van der Waals surface area (Å²) in [5.74, 6) is 0.897. The second kappa shape index (κ2) is 11.8. The van der Waals surface area contributed by atoms with Gasteiger partial charge in [0, 0.05) is 19.3 Å². The number of methoxy groups -OCH3 is 2. The molecule has 3 heteroatoms. The Kier molecular flexibility index (Phi) is 8.55. The minimum Gasteiger partial charge on any atom is -0.497 e. The molecule has 156 valence electrons. The first-order valence-corrected chi connectivity index (χ1v) is 10.4. The summed E-state index contributed by atoms with van der Waals surface area (Å²) in [6.45, 7) is 1.54. The van der Waals surface area contributed by atoms with E-state index in [0.717, 1.165) is 37.2 Å². The van der Waals surface area contributed by atoms with Crippen molar-refractivity contribution in [2.24, 2.45) is 0 Å². The first kappa shape index (κ1) is 21.7. The van der Waals surface area contributed by atoms with Crippen LogP contribution in [0.1, 0.15) is 22.3 Å². The molecule has 0 atom stereocenters. The molecule has 3 rings (SSSR count). The van der Waals surface area contributed by atoms with E-state index in [0.29, 0.717) is 6.61 Å². The third-order valence-corrected chi connectivity index (χ3v) is 5.12. The van der Waals surface area contributed by atoms with Crippen molar-refractivity contribution in [1.29, 1.82) is 0 Å². The topological polar surface area (TPSA) is 30.5 Å². The third kappa shape index (κ3) is 6.78. The SMILES string of the molecule is COCCNc1ccc(CC=CCc2ccccc2Cc2ccc(OC)cc2)cc1. The van der Waals surface area contributed by atoms with Crippen molar-refractivity contribution in [3.8, 4) is 5.75 Å². The Morgan fingerprint density at radius 1 is 0.733 bits per heavy atom. The quantitative estimate of drug-likeness (QED) is 0.331. The molecule has 0 saturated carbocycles. The van der Waals surface area contributed by atoms with Crippen molar-refractivity contribution in [1.82, 2.24) is 0 Å². The van der Waals surface area contributed by atoms with Gasteiger partial charge in [-0.2, -0.15) is 0 Å². The van der Waals surface area contributed by atoms with Crippen molar-refractivity contribution < 1.29 is 9.47 Å². The first-order valence-electron chi connectivity index (χ1n) is 10.4. The van der Waals surface area contributed by atoms with Gasteiger partial charge in [-0.1, -0.05) is 60.7 Å². The summed E-state index contributed by atoms with van der Waals surface area (Å²) in [6, 6.07) is 25.6. The van der Waals surface area contributed by atoms with E-state index in [1.54, 1.807) is 14.2 Å². The summed E-state index contributed by atoms with van der Waals surface area (Å²) >= 11 is 0. The van der Waals surface area contributed by atoms with Gasteiger partial charge in [0.05, 0.1) is 13.7 Å². The van der Waals surface area contributed by atoms with Crippen molar-refractivity contribution in [2.75, 3.05) is 32.7 Å². The zero-order chi connectivity index (χ0) is 21.0. The fourth-order valence-corrected chi connectivity index (χ4v) is 3.38. The lowest BCUT2D eigenvalue weighted by atomic mass is 9.97. The number of allylic oxidation sites excluding steroid dienone is 2. The number of benzene rings is 3. The van der Waals surface area contributed by atoms with Crippen LogP contribution in [0.3, 0.4) is 0 Å². The lowest BCUT2D eigenvalue weighted by molar-refractivity contribution is 0.211. The number of ether oxygens (including phenoxy) is 2. The molecule has 3 aromatic rings. The van der Waals surface area contributed by atoms with Crippen LogP contribution in [0.15, 0.2) is 84.9 Å². The van der Waals surface area contributed by atoms with Gasteiger partial charge in [-0.15, -0.1) is 0 Å². The molecule has 0 saturated heterocycles. The maximum Gasteiger partial charge on any atom is 0.118 e. The van der Waals surface area contributed by atoms with Gasteiger partial charge in [0.15, 0.2) is 0 Å². The Morgan fingerprint density at radius 2 is 1.40 bits per heavy atom. The number of hydrogen-bond acceptors (Lipinski definition) is 3. The van der Waals surface area contributed by atoms with Crippen molar-refractivity contribution in [3.05, 3.63) is 107 Å². The van der Waals surface area contributed by atoms with Crippen LogP contribution in [0.25, 0.3) is 0 Å². The maximum absolute atomic E-state index is 5.26. The summed E-state index contributed by atoms with van der Waals surface area (Å²) in [5, 5.41) is 3.34. The van der Waals surface area contributed by atoms with Gasteiger partial charge in [0.1, 0.15) is 5.75 Å². The highest BCUT2D eigenvalue weighted by Gasteiger charge is 2.03. The Bertz CT molecular complexity index is 914. The van der Waals surface area contributed by atoms with Gasteiger partial charge in [-0.05, 0) is 65.8 Å². The molecule has 0 bridgehead atoms. The van der Waals surface area contributed by atoms with E-state index in [1.165, 1.54) is 22.3 Å². The molecule has 0 spiro atoms. The number of anilines is 1. The zero-order valence-electron chi connectivity index (χ0n) is 17.9. The van der Waals surface area contributed by atoms with E-state index in [9.17, 15) is 0 Å². The minimum absolute atomic E-state index is 0.713. The molecule has 0 amide bonds. The molecule has 1 N–H and O–H groups in total.